The Balaban J connectivity index is 0.000000216. The average molecular weight is 402 g/mol. The molecule has 0 aliphatic carbocycles. The van der Waals surface area contributed by atoms with Gasteiger partial charge in [-0.1, -0.05) is 30.3 Å². The van der Waals surface area contributed by atoms with E-state index in [1.54, 1.807) is 18.3 Å². The third-order valence-electron chi connectivity index (χ3n) is 4.46. The lowest BCUT2D eigenvalue weighted by atomic mass is 10.1. The first-order valence-electron chi connectivity index (χ1n) is 9.47. The van der Waals surface area contributed by atoms with Gasteiger partial charge in [-0.2, -0.15) is 5.10 Å². The van der Waals surface area contributed by atoms with E-state index >= 15 is 0 Å². The first-order chi connectivity index (χ1) is 14.4. The van der Waals surface area contributed by atoms with Gasteiger partial charge in [0.05, 0.1) is 23.4 Å². The molecule has 0 saturated carbocycles. The minimum Gasteiger partial charge on any atom is -0.478 e. The number of hydrazone groups is 1. The second kappa shape index (κ2) is 9.56. The van der Waals surface area contributed by atoms with Crippen molar-refractivity contribution in [2.24, 2.45) is 5.10 Å². The number of hydrogen-bond donors (Lipinski definition) is 1. The number of benzene rings is 1. The lowest BCUT2D eigenvalue weighted by Crippen LogP contribution is -2.23. The van der Waals surface area contributed by atoms with E-state index in [1.807, 2.05) is 50.2 Å². The van der Waals surface area contributed by atoms with E-state index in [1.165, 1.54) is 17.3 Å². The van der Waals surface area contributed by atoms with E-state index in [2.05, 4.69) is 15.1 Å². The largest absolute Gasteiger partial charge is 0.478 e. The third kappa shape index (κ3) is 5.35. The molecule has 152 valence electrons. The van der Waals surface area contributed by atoms with Crippen LogP contribution in [0.25, 0.3) is 0 Å². The molecule has 1 N–H and O–H groups in total. The zero-order valence-electron chi connectivity index (χ0n) is 16.8. The highest BCUT2D eigenvalue weighted by molar-refractivity contribution is 6.04. The number of carbonyl (C=O) groups excluding carboxylic acids is 1. The first kappa shape index (κ1) is 20.9. The molecule has 3 heterocycles. The van der Waals surface area contributed by atoms with Crippen molar-refractivity contribution in [1.82, 2.24) is 15.0 Å². The Hall–Kier alpha value is -3.87. The molecule has 0 bridgehead atoms. The number of hydrogen-bond acceptors (Lipinski definition) is 5. The van der Waals surface area contributed by atoms with Gasteiger partial charge in [-0.25, -0.2) is 9.80 Å². The molecule has 30 heavy (non-hydrogen) atoms. The van der Waals surface area contributed by atoms with Crippen LogP contribution in [0, 0.1) is 13.8 Å². The van der Waals surface area contributed by atoms with Crippen molar-refractivity contribution in [2.75, 3.05) is 6.54 Å². The number of nitrogens with zero attached hydrogens (tertiary/aromatic N) is 4. The van der Waals surface area contributed by atoms with Crippen LogP contribution in [0.2, 0.25) is 0 Å². The number of aromatic carboxylic acids is 1. The van der Waals surface area contributed by atoms with Crippen LogP contribution in [0.1, 0.15) is 44.1 Å². The third-order valence-corrected chi connectivity index (χ3v) is 4.46. The van der Waals surface area contributed by atoms with Crippen molar-refractivity contribution < 1.29 is 14.7 Å². The van der Waals surface area contributed by atoms with Crippen molar-refractivity contribution in [3.63, 3.8) is 0 Å². The summed E-state index contributed by atoms with van der Waals surface area (Å²) in [5.41, 5.74) is 4.56. The number of pyridine rings is 2. The number of carbonyl (C=O) groups is 2. The molecule has 0 atom stereocenters. The van der Waals surface area contributed by atoms with E-state index in [4.69, 9.17) is 5.11 Å². The van der Waals surface area contributed by atoms with Gasteiger partial charge in [0.15, 0.2) is 0 Å². The maximum Gasteiger partial charge on any atom is 0.337 e. The molecule has 0 unspecified atom stereocenters. The molecule has 4 rings (SSSR count). The fraction of sp³-hybridized carbons (Fsp3) is 0.174. The van der Waals surface area contributed by atoms with E-state index in [0.717, 1.165) is 29.1 Å². The van der Waals surface area contributed by atoms with E-state index < -0.39 is 5.97 Å². The van der Waals surface area contributed by atoms with Crippen molar-refractivity contribution in [1.29, 1.82) is 0 Å². The Morgan fingerprint density at radius 2 is 1.47 bits per heavy atom. The number of amides is 1. The van der Waals surface area contributed by atoms with Crippen LogP contribution in [0.4, 0.5) is 0 Å². The summed E-state index contributed by atoms with van der Waals surface area (Å²) < 4.78 is 0. The molecule has 1 amide bonds. The summed E-state index contributed by atoms with van der Waals surface area (Å²) in [4.78, 5) is 30.6. The van der Waals surface area contributed by atoms with Gasteiger partial charge in [0, 0.05) is 30.2 Å². The Bertz CT molecular complexity index is 1050. The van der Waals surface area contributed by atoms with Gasteiger partial charge in [0.25, 0.3) is 5.91 Å². The maximum atomic E-state index is 12.3. The molecule has 7 nitrogen and oxygen atoms in total. The number of carboxylic acids is 1. The van der Waals surface area contributed by atoms with Gasteiger partial charge in [0.1, 0.15) is 0 Å². The summed E-state index contributed by atoms with van der Waals surface area (Å²) in [5, 5.41) is 14.4. The second-order valence-electron chi connectivity index (χ2n) is 6.77. The van der Waals surface area contributed by atoms with Gasteiger partial charge >= 0.3 is 5.97 Å². The highest BCUT2D eigenvalue weighted by atomic mass is 16.4. The standard InChI is InChI=1S/C16H15N3O.C7H7NO2/c1-12-7-8-14(11-17-12)16(20)19-10-9-15(18-19)13-5-3-2-4-6-13;1-5-2-3-6(4-8-5)7(9)10/h2-8,11H,9-10H2,1H3;2-4H,1H3,(H,9,10). The fourth-order valence-corrected chi connectivity index (χ4v) is 2.77. The molecular weight excluding hydrogens is 380 g/mol. The number of rotatable bonds is 3. The van der Waals surface area contributed by atoms with Gasteiger partial charge < -0.3 is 5.11 Å². The van der Waals surface area contributed by atoms with Crippen LogP contribution >= 0.6 is 0 Å². The highest BCUT2D eigenvalue weighted by Crippen LogP contribution is 2.16. The molecule has 2 aromatic heterocycles. The molecule has 0 fully saturated rings. The second-order valence-corrected chi connectivity index (χ2v) is 6.77. The Morgan fingerprint density at radius 1 is 0.867 bits per heavy atom. The Labute approximate surface area is 174 Å². The quantitative estimate of drug-likeness (QED) is 0.720. The van der Waals surface area contributed by atoms with E-state index in [9.17, 15) is 9.59 Å². The highest BCUT2D eigenvalue weighted by Gasteiger charge is 2.22. The molecule has 0 radical (unpaired) electrons. The molecule has 0 spiro atoms. The molecular formula is C23H22N4O3. The van der Waals surface area contributed by atoms with Gasteiger partial charge in [-0.15, -0.1) is 0 Å². The van der Waals surface area contributed by atoms with Crippen molar-refractivity contribution >= 4 is 17.6 Å². The topological polar surface area (TPSA) is 95.8 Å². The van der Waals surface area contributed by atoms with Crippen LogP contribution in [-0.2, 0) is 0 Å². The van der Waals surface area contributed by atoms with Crippen LogP contribution < -0.4 is 0 Å². The van der Waals surface area contributed by atoms with Crippen LogP contribution in [0.5, 0.6) is 0 Å². The van der Waals surface area contributed by atoms with Crippen molar-refractivity contribution in [3.05, 3.63) is 95.1 Å². The number of aromatic nitrogens is 2. The van der Waals surface area contributed by atoms with Crippen LogP contribution in [0.15, 0.2) is 72.1 Å². The van der Waals surface area contributed by atoms with Gasteiger partial charge in [0.2, 0.25) is 0 Å². The zero-order chi connectivity index (χ0) is 21.5. The molecule has 3 aromatic rings. The van der Waals surface area contributed by atoms with Crippen LogP contribution in [-0.4, -0.2) is 44.2 Å². The minimum atomic E-state index is -0.937. The summed E-state index contributed by atoms with van der Waals surface area (Å²) in [6.07, 6.45) is 3.74. The zero-order valence-corrected chi connectivity index (χ0v) is 16.8. The average Bonchev–Trinajstić information content (AvgIpc) is 3.25. The Kier molecular flexibility index (Phi) is 6.64. The summed E-state index contributed by atoms with van der Waals surface area (Å²) in [6, 6.07) is 16.8. The predicted octanol–water partition coefficient (Wildman–Crippen LogP) is 3.73. The molecule has 1 aliphatic rings. The first-order valence-corrected chi connectivity index (χ1v) is 9.47. The van der Waals surface area contributed by atoms with Crippen molar-refractivity contribution in [3.8, 4) is 0 Å². The maximum absolute atomic E-state index is 12.3. The van der Waals surface area contributed by atoms with E-state index in [-0.39, 0.29) is 11.5 Å². The lowest BCUT2D eigenvalue weighted by Gasteiger charge is -2.10. The van der Waals surface area contributed by atoms with Crippen LogP contribution in [0.3, 0.4) is 0 Å². The van der Waals surface area contributed by atoms with Gasteiger partial charge in [-0.05, 0) is 43.7 Å². The normalized spacial score (nSPS) is 12.6. The van der Waals surface area contributed by atoms with E-state index in [0.29, 0.717) is 12.1 Å². The van der Waals surface area contributed by atoms with Crippen molar-refractivity contribution in [2.45, 2.75) is 20.3 Å². The lowest BCUT2D eigenvalue weighted by molar-refractivity contribution is 0.0695. The summed E-state index contributed by atoms with van der Waals surface area (Å²) in [7, 11) is 0. The molecule has 7 heteroatoms. The fourth-order valence-electron chi connectivity index (χ4n) is 2.77. The summed E-state index contributed by atoms with van der Waals surface area (Å²) >= 11 is 0. The summed E-state index contributed by atoms with van der Waals surface area (Å²) in [6.45, 7) is 4.33. The number of aryl methyl sites for hydroxylation is 2. The molecule has 1 aliphatic heterocycles. The smallest absolute Gasteiger partial charge is 0.337 e. The molecule has 1 aromatic carbocycles. The SMILES string of the molecule is Cc1ccc(C(=O)N2CCC(c3ccccc3)=N2)cn1.Cc1ccc(C(=O)O)cn1. The number of carboxylic acid groups (broad SMARTS) is 1. The Morgan fingerprint density at radius 3 is 2.00 bits per heavy atom. The van der Waals surface area contributed by atoms with Gasteiger partial charge in [-0.3, -0.25) is 14.8 Å². The predicted molar refractivity (Wildman–Crippen MR) is 114 cm³/mol. The monoisotopic (exact) mass is 402 g/mol. The molecule has 0 saturated heterocycles. The minimum absolute atomic E-state index is 0.0940. The summed E-state index contributed by atoms with van der Waals surface area (Å²) in [5.74, 6) is -1.03.